The van der Waals surface area contributed by atoms with Crippen LogP contribution >= 0.6 is 0 Å². The maximum Gasteiger partial charge on any atom is 0.125 e. The molecular formula is C15H25N3. The van der Waals surface area contributed by atoms with E-state index in [0.29, 0.717) is 12.1 Å². The Bertz CT molecular complexity index is 412. The molecule has 3 nitrogen and oxygen atoms in total. The van der Waals surface area contributed by atoms with E-state index in [1.807, 2.05) is 12.4 Å². The van der Waals surface area contributed by atoms with E-state index in [1.54, 1.807) is 0 Å². The number of aromatic nitrogens is 2. The minimum Gasteiger partial charge on any atom is -0.337 e. The van der Waals surface area contributed by atoms with Crippen molar-refractivity contribution in [3.63, 3.8) is 0 Å². The summed E-state index contributed by atoms with van der Waals surface area (Å²) in [6.07, 6.45) is 9.81. The Morgan fingerprint density at radius 1 is 1.33 bits per heavy atom. The molecule has 0 amide bonds. The lowest BCUT2D eigenvalue weighted by atomic mass is 9.84. The highest BCUT2D eigenvalue weighted by Gasteiger charge is 2.41. The van der Waals surface area contributed by atoms with Crippen LogP contribution in [0.4, 0.5) is 0 Å². The lowest BCUT2D eigenvalue weighted by Crippen LogP contribution is -2.38. The van der Waals surface area contributed by atoms with Crippen LogP contribution in [0.15, 0.2) is 12.4 Å². The van der Waals surface area contributed by atoms with Crippen molar-refractivity contribution in [2.45, 2.75) is 51.6 Å². The molecule has 5 unspecified atom stereocenters. The van der Waals surface area contributed by atoms with Crippen molar-refractivity contribution in [1.82, 2.24) is 14.9 Å². The fourth-order valence-corrected chi connectivity index (χ4v) is 4.29. The highest BCUT2D eigenvalue weighted by molar-refractivity contribution is 5.00. The minimum atomic E-state index is 0.346. The smallest absolute Gasteiger partial charge is 0.125 e. The summed E-state index contributed by atoms with van der Waals surface area (Å²) in [5, 5.41) is 3.77. The van der Waals surface area contributed by atoms with Gasteiger partial charge in [-0.1, -0.05) is 6.42 Å². The number of nitrogens with one attached hydrogen (secondary N) is 1. The summed E-state index contributed by atoms with van der Waals surface area (Å²) < 4.78 is 2.12. The second-order valence-electron chi connectivity index (χ2n) is 6.41. The van der Waals surface area contributed by atoms with Crippen LogP contribution in [0, 0.1) is 17.8 Å². The van der Waals surface area contributed by atoms with Gasteiger partial charge in [0.05, 0.1) is 6.04 Å². The number of imidazole rings is 1. The van der Waals surface area contributed by atoms with Crippen LogP contribution in [0.1, 0.15) is 51.4 Å². The molecule has 0 aliphatic heterocycles. The van der Waals surface area contributed by atoms with E-state index >= 15 is 0 Å². The second-order valence-corrected chi connectivity index (χ2v) is 6.41. The molecule has 1 aromatic rings. The number of hydrogen-bond donors (Lipinski definition) is 1. The Balaban J connectivity index is 1.61. The molecular weight excluding hydrogens is 222 g/mol. The largest absolute Gasteiger partial charge is 0.337 e. The second kappa shape index (κ2) is 4.69. The minimum absolute atomic E-state index is 0.346. The molecule has 2 fully saturated rings. The normalized spacial score (nSPS) is 33.8. The predicted octanol–water partition coefficient (Wildman–Crippen LogP) is 2.90. The van der Waals surface area contributed by atoms with Crippen molar-refractivity contribution < 1.29 is 0 Å². The number of fused-ring (bicyclic) bond motifs is 2. The summed E-state index contributed by atoms with van der Waals surface area (Å²) in [4.78, 5) is 4.44. The average molecular weight is 247 g/mol. The van der Waals surface area contributed by atoms with E-state index in [1.165, 1.54) is 25.7 Å². The van der Waals surface area contributed by atoms with Crippen LogP contribution in [0.5, 0.6) is 0 Å². The van der Waals surface area contributed by atoms with Gasteiger partial charge >= 0.3 is 0 Å². The summed E-state index contributed by atoms with van der Waals surface area (Å²) in [6, 6.07) is 0.964. The van der Waals surface area contributed by atoms with Crippen LogP contribution in [-0.2, 0) is 7.05 Å². The fraction of sp³-hybridized carbons (Fsp3) is 0.800. The van der Waals surface area contributed by atoms with E-state index in [9.17, 15) is 0 Å². The van der Waals surface area contributed by atoms with Gasteiger partial charge in [0.15, 0.2) is 0 Å². The Kier molecular flexibility index (Phi) is 3.18. The summed E-state index contributed by atoms with van der Waals surface area (Å²) >= 11 is 0. The van der Waals surface area contributed by atoms with Crippen LogP contribution in [-0.4, -0.2) is 15.6 Å². The standard InChI is InChI=1S/C15H25N3/c1-10(14-9-12-4-5-13(14)8-12)17-11(2)15-16-6-7-18(15)3/h6-7,10-14,17H,4-5,8-9H2,1-3H3. The highest BCUT2D eigenvalue weighted by atomic mass is 15.1. The van der Waals surface area contributed by atoms with Gasteiger partial charge in [-0.25, -0.2) is 4.98 Å². The van der Waals surface area contributed by atoms with Gasteiger partial charge in [0.25, 0.3) is 0 Å². The number of nitrogens with zero attached hydrogens (tertiary/aromatic N) is 2. The quantitative estimate of drug-likeness (QED) is 0.886. The summed E-state index contributed by atoms with van der Waals surface area (Å²) in [5.41, 5.74) is 0. The molecule has 2 saturated carbocycles. The lowest BCUT2D eigenvalue weighted by molar-refractivity contribution is 0.246. The predicted molar refractivity (Wildman–Crippen MR) is 73.2 cm³/mol. The molecule has 2 aliphatic rings. The molecule has 0 saturated heterocycles. The summed E-state index contributed by atoms with van der Waals surface area (Å²) in [7, 11) is 2.07. The first-order chi connectivity index (χ1) is 8.65. The summed E-state index contributed by atoms with van der Waals surface area (Å²) in [5.74, 6) is 4.07. The molecule has 1 aromatic heterocycles. The fourth-order valence-electron chi connectivity index (χ4n) is 4.29. The van der Waals surface area contributed by atoms with E-state index < -0.39 is 0 Å². The molecule has 3 heteroatoms. The Morgan fingerprint density at radius 2 is 2.17 bits per heavy atom. The van der Waals surface area contributed by atoms with Crippen molar-refractivity contribution in [3.05, 3.63) is 18.2 Å². The Morgan fingerprint density at radius 3 is 2.72 bits per heavy atom. The van der Waals surface area contributed by atoms with Crippen LogP contribution in [0.2, 0.25) is 0 Å². The number of hydrogen-bond acceptors (Lipinski definition) is 2. The van der Waals surface area contributed by atoms with E-state index in [0.717, 1.165) is 23.6 Å². The maximum atomic E-state index is 4.44. The summed E-state index contributed by atoms with van der Waals surface area (Å²) in [6.45, 7) is 4.59. The molecule has 18 heavy (non-hydrogen) atoms. The van der Waals surface area contributed by atoms with Crippen molar-refractivity contribution >= 4 is 0 Å². The van der Waals surface area contributed by atoms with Crippen molar-refractivity contribution in [1.29, 1.82) is 0 Å². The molecule has 5 atom stereocenters. The molecule has 1 N–H and O–H groups in total. The van der Waals surface area contributed by atoms with Gasteiger partial charge in [0.2, 0.25) is 0 Å². The average Bonchev–Trinajstić information content (AvgIpc) is 3.03. The van der Waals surface area contributed by atoms with Crippen LogP contribution in [0.25, 0.3) is 0 Å². The number of rotatable bonds is 4. The van der Waals surface area contributed by atoms with Gasteiger partial charge < -0.3 is 9.88 Å². The highest BCUT2D eigenvalue weighted by Crippen LogP contribution is 2.49. The molecule has 1 heterocycles. The first-order valence-electron chi connectivity index (χ1n) is 7.38. The topological polar surface area (TPSA) is 29.9 Å². The first kappa shape index (κ1) is 12.2. The monoisotopic (exact) mass is 247 g/mol. The third kappa shape index (κ3) is 2.09. The zero-order valence-electron chi connectivity index (χ0n) is 11.8. The van der Waals surface area contributed by atoms with Gasteiger partial charge in [-0.2, -0.15) is 0 Å². The van der Waals surface area contributed by atoms with Gasteiger partial charge in [-0.05, 0) is 50.9 Å². The van der Waals surface area contributed by atoms with Gasteiger partial charge in [-0.3, -0.25) is 0 Å². The maximum absolute atomic E-state index is 4.44. The van der Waals surface area contributed by atoms with Gasteiger partial charge in [0.1, 0.15) is 5.82 Å². The van der Waals surface area contributed by atoms with E-state index in [4.69, 9.17) is 0 Å². The molecule has 2 bridgehead atoms. The Labute approximate surface area is 110 Å². The SMILES string of the molecule is CC(NC(C)C1CC2CCC1C2)c1nccn1C. The van der Waals surface area contributed by atoms with Crippen LogP contribution in [0.3, 0.4) is 0 Å². The van der Waals surface area contributed by atoms with Crippen LogP contribution < -0.4 is 5.32 Å². The van der Waals surface area contributed by atoms with Crippen molar-refractivity contribution in [2.75, 3.05) is 0 Å². The molecule has 0 radical (unpaired) electrons. The molecule has 100 valence electrons. The van der Waals surface area contributed by atoms with Gasteiger partial charge in [-0.15, -0.1) is 0 Å². The molecule has 2 aliphatic carbocycles. The molecule has 0 aromatic carbocycles. The lowest BCUT2D eigenvalue weighted by Gasteiger charge is -2.30. The third-order valence-corrected chi connectivity index (χ3v) is 5.19. The van der Waals surface area contributed by atoms with Gasteiger partial charge in [0, 0.05) is 25.5 Å². The van der Waals surface area contributed by atoms with E-state index in [-0.39, 0.29) is 0 Å². The van der Waals surface area contributed by atoms with Crippen molar-refractivity contribution in [2.24, 2.45) is 24.8 Å². The number of aryl methyl sites for hydroxylation is 1. The zero-order valence-corrected chi connectivity index (χ0v) is 11.8. The Hall–Kier alpha value is -0.830. The molecule has 0 spiro atoms. The van der Waals surface area contributed by atoms with E-state index in [2.05, 4.69) is 35.8 Å². The molecule has 3 rings (SSSR count). The first-order valence-corrected chi connectivity index (χ1v) is 7.38. The third-order valence-electron chi connectivity index (χ3n) is 5.19. The zero-order chi connectivity index (χ0) is 12.7. The van der Waals surface area contributed by atoms with Crippen molar-refractivity contribution in [3.8, 4) is 0 Å².